The smallest absolute Gasteiger partial charge is 0.417 e. The zero-order valence-corrected chi connectivity index (χ0v) is 16.7. The Morgan fingerprint density at radius 1 is 1.23 bits per heavy atom. The van der Waals surface area contributed by atoms with E-state index >= 15 is 0 Å². The summed E-state index contributed by atoms with van der Waals surface area (Å²) in [5, 5.41) is 8.74. The zero-order valence-electron chi connectivity index (χ0n) is 16.0. The van der Waals surface area contributed by atoms with Crippen LogP contribution in [0.2, 0.25) is 5.02 Å². The van der Waals surface area contributed by atoms with Crippen molar-refractivity contribution in [3.8, 4) is 11.8 Å². The molecular weight excluding hydrogens is 421 g/mol. The molecular formula is C20H18ClF3N4O2. The van der Waals surface area contributed by atoms with Crippen LogP contribution in [0.3, 0.4) is 0 Å². The van der Waals surface area contributed by atoms with Crippen LogP contribution in [0, 0.1) is 11.3 Å². The zero-order chi connectivity index (χ0) is 21.9. The number of anilines is 1. The summed E-state index contributed by atoms with van der Waals surface area (Å²) in [6, 6.07) is 9.32. The molecule has 1 aromatic carbocycles. The van der Waals surface area contributed by atoms with E-state index in [1.54, 1.807) is 41.0 Å². The highest BCUT2D eigenvalue weighted by atomic mass is 35.5. The third kappa shape index (κ3) is 4.94. The summed E-state index contributed by atoms with van der Waals surface area (Å²) < 4.78 is 44.0. The van der Waals surface area contributed by atoms with Gasteiger partial charge in [0.1, 0.15) is 11.6 Å². The number of piperazine rings is 1. The summed E-state index contributed by atoms with van der Waals surface area (Å²) >= 11 is 6.01. The second-order valence-corrected chi connectivity index (χ2v) is 7.14. The molecule has 1 aliphatic heterocycles. The van der Waals surface area contributed by atoms with Crippen molar-refractivity contribution in [2.45, 2.75) is 19.2 Å². The summed E-state index contributed by atoms with van der Waals surface area (Å²) in [6.45, 7) is 3.12. The van der Waals surface area contributed by atoms with Crippen molar-refractivity contribution in [1.29, 1.82) is 5.26 Å². The molecule has 1 fully saturated rings. The number of carbonyl (C=O) groups is 1. The number of carbonyl (C=O) groups excluding carboxylic acids is 1. The van der Waals surface area contributed by atoms with E-state index in [4.69, 9.17) is 21.6 Å². The Kier molecular flexibility index (Phi) is 6.37. The fourth-order valence-corrected chi connectivity index (χ4v) is 3.36. The van der Waals surface area contributed by atoms with Crippen LogP contribution in [0.15, 0.2) is 36.5 Å². The number of ether oxygens (including phenoxy) is 1. The lowest BCUT2D eigenvalue weighted by Gasteiger charge is -2.36. The van der Waals surface area contributed by atoms with E-state index in [9.17, 15) is 18.0 Å². The molecule has 1 amide bonds. The number of pyridine rings is 1. The standard InChI is InChI=1S/C20H18ClF3N4O2/c1-13(30-16-4-2-14(11-25)3-5-16)19(29)28-8-6-27(7-9-28)18-17(21)10-15(12-26-18)20(22,23)24/h2-5,10,12-13H,6-9H2,1H3. The van der Waals surface area contributed by atoms with Gasteiger partial charge in [0.15, 0.2) is 6.10 Å². The normalized spacial score (nSPS) is 15.5. The average Bonchev–Trinajstić information content (AvgIpc) is 2.73. The molecule has 158 valence electrons. The second-order valence-electron chi connectivity index (χ2n) is 6.74. The Morgan fingerprint density at radius 2 is 1.87 bits per heavy atom. The molecule has 0 spiro atoms. The van der Waals surface area contributed by atoms with Crippen molar-refractivity contribution in [1.82, 2.24) is 9.88 Å². The van der Waals surface area contributed by atoms with Crippen LogP contribution in [0.1, 0.15) is 18.1 Å². The molecule has 2 aromatic rings. The fraction of sp³-hybridized carbons (Fsp3) is 0.350. The van der Waals surface area contributed by atoms with Gasteiger partial charge >= 0.3 is 6.18 Å². The number of aromatic nitrogens is 1. The van der Waals surface area contributed by atoms with Crippen LogP contribution in [-0.4, -0.2) is 48.1 Å². The number of halogens is 4. The maximum atomic E-state index is 12.8. The van der Waals surface area contributed by atoms with Gasteiger partial charge in [-0.15, -0.1) is 0 Å². The number of nitriles is 1. The molecule has 0 aliphatic carbocycles. The lowest BCUT2D eigenvalue weighted by molar-refractivity contribution is -0.138. The van der Waals surface area contributed by atoms with Crippen LogP contribution < -0.4 is 9.64 Å². The third-order valence-electron chi connectivity index (χ3n) is 4.68. The van der Waals surface area contributed by atoms with Crippen LogP contribution in [0.25, 0.3) is 0 Å². The number of alkyl halides is 3. The molecule has 0 bridgehead atoms. The quantitative estimate of drug-likeness (QED) is 0.727. The molecule has 0 saturated carbocycles. The maximum Gasteiger partial charge on any atom is 0.417 e. The van der Waals surface area contributed by atoms with E-state index in [0.29, 0.717) is 37.5 Å². The summed E-state index contributed by atoms with van der Waals surface area (Å²) in [6.07, 6.45) is -4.48. The van der Waals surface area contributed by atoms with Crippen LogP contribution >= 0.6 is 11.6 Å². The van der Waals surface area contributed by atoms with E-state index in [1.165, 1.54) is 0 Å². The Balaban J connectivity index is 1.58. The molecule has 1 atom stereocenters. The lowest BCUT2D eigenvalue weighted by atomic mass is 10.2. The highest BCUT2D eigenvalue weighted by Crippen LogP contribution is 2.33. The first-order chi connectivity index (χ1) is 14.2. The Morgan fingerprint density at radius 3 is 2.40 bits per heavy atom. The number of rotatable bonds is 4. The molecule has 2 heterocycles. The van der Waals surface area contributed by atoms with Gasteiger partial charge in [0.05, 0.1) is 22.2 Å². The molecule has 1 aliphatic rings. The van der Waals surface area contributed by atoms with Gasteiger partial charge in [-0.1, -0.05) is 11.6 Å². The topological polar surface area (TPSA) is 69.5 Å². The molecule has 1 aromatic heterocycles. The van der Waals surface area contributed by atoms with Gasteiger partial charge in [-0.05, 0) is 37.3 Å². The summed E-state index contributed by atoms with van der Waals surface area (Å²) in [7, 11) is 0. The first-order valence-corrected chi connectivity index (χ1v) is 9.50. The van der Waals surface area contributed by atoms with Gasteiger partial charge in [-0.2, -0.15) is 18.4 Å². The van der Waals surface area contributed by atoms with Gasteiger partial charge in [0, 0.05) is 32.4 Å². The molecule has 0 radical (unpaired) electrons. The Bertz CT molecular complexity index is 952. The number of nitrogens with zero attached hydrogens (tertiary/aromatic N) is 4. The number of hydrogen-bond donors (Lipinski definition) is 0. The number of hydrogen-bond acceptors (Lipinski definition) is 5. The minimum atomic E-state index is -4.51. The van der Waals surface area contributed by atoms with Gasteiger partial charge in [-0.3, -0.25) is 4.79 Å². The predicted molar refractivity (Wildman–Crippen MR) is 104 cm³/mol. The Hall–Kier alpha value is -2.99. The monoisotopic (exact) mass is 438 g/mol. The first-order valence-electron chi connectivity index (χ1n) is 9.12. The minimum absolute atomic E-state index is 0.0814. The van der Waals surface area contributed by atoms with E-state index in [-0.39, 0.29) is 16.7 Å². The predicted octanol–water partition coefficient (Wildman–Crippen LogP) is 3.74. The van der Waals surface area contributed by atoms with Crippen LogP contribution in [-0.2, 0) is 11.0 Å². The second kappa shape index (κ2) is 8.79. The molecule has 10 heteroatoms. The summed E-state index contributed by atoms with van der Waals surface area (Å²) in [4.78, 5) is 19.9. The largest absolute Gasteiger partial charge is 0.481 e. The van der Waals surface area contributed by atoms with Crippen LogP contribution in [0.4, 0.5) is 19.0 Å². The average molecular weight is 439 g/mol. The van der Waals surface area contributed by atoms with Crippen molar-refractivity contribution < 1.29 is 22.7 Å². The number of amides is 1. The van der Waals surface area contributed by atoms with E-state index < -0.39 is 17.8 Å². The van der Waals surface area contributed by atoms with Crippen molar-refractivity contribution in [3.05, 3.63) is 52.7 Å². The first kappa shape index (κ1) is 21.7. The minimum Gasteiger partial charge on any atom is -0.481 e. The van der Waals surface area contributed by atoms with Crippen molar-refractivity contribution in [3.63, 3.8) is 0 Å². The van der Waals surface area contributed by atoms with Crippen molar-refractivity contribution >= 4 is 23.3 Å². The highest BCUT2D eigenvalue weighted by Gasteiger charge is 2.33. The van der Waals surface area contributed by atoms with Gasteiger partial charge in [0.25, 0.3) is 5.91 Å². The Labute approximate surface area is 176 Å². The highest BCUT2D eigenvalue weighted by molar-refractivity contribution is 6.33. The SMILES string of the molecule is CC(Oc1ccc(C#N)cc1)C(=O)N1CCN(c2ncc(C(F)(F)F)cc2Cl)CC1. The molecule has 30 heavy (non-hydrogen) atoms. The fourth-order valence-electron chi connectivity index (χ4n) is 3.08. The summed E-state index contributed by atoms with van der Waals surface area (Å²) in [5.74, 6) is 0.540. The van der Waals surface area contributed by atoms with E-state index in [0.717, 1.165) is 12.3 Å². The maximum absolute atomic E-state index is 12.8. The van der Waals surface area contributed by atoms with E-state index in [2.05, 4.69) is 4.98 Å². The molecule has 0 N–H and O–H groups in total. The lowest BCUT2D eigenvalue weighted by Crippen LogP contribution is -2.52. The molecule has 1 saturated heterocycles. The molecule has 6 nitrogen and oxygen atoms in total. The van der Waals surface area contributed by atoms with Gasteiger partial charge in [-0.25, -0.2) is 4.98 Å². The third-order valence-corrected chi connectivity index (χ3v) is 4.96. The van der Waals surface area contributed by atoms with Crippen molar-refractivity contribution in [2.24, 2.45) is 0 Å². The summed E-state index contributed by atoms with van der Waals surface area (Å²) in [5.41, 5.74) is -0.410. The van der Waals surface area contributed by atoms with Gasteiger partial charge < -0.3 is 14.5 Å². The van der Waals surface area contributed by atoms with Gasteiger partial charge in [0.2, 0.25) is 0 Å². The molecule has 1 unspecified atom stereocenters. The number of benzene rings is 1. The molecule has 3 rings (SSSR count). The van der Waals surface area contributed by atoms with Crippen molar-refractivity contribution in [2.75, 3.05) is 31.1 Å². The van der Waals surface area contributed by atoms with E-state index in [1.807, 2.05) is 6.07 Å². The van der Waals surface area contributed by atoms with Crippen LogP contribution in [0.5, 0.6) is 5.75 Å².